The van der Waals surface area contributed by atoms with Gasteiger partial charge in [-0.3, -0.25) is 9.78 Å². The first-order valence-corrected chi connectivity index (χ1v) is 6.69. The van der Waals surface area contributed by atoms with Crippen LogP contribution in [0.25, 0.3) is 10.9 Å². The standard InChI is InChI=1S/C15H20N4O/c1-9(2)18-15(20)10(3)19-13-7-8-17-14-11(13)5-4-6-12(14)16/h4-10H,16H2,1-3H3,(H,17,19)(H,18,20). The Morgan fingerprint density at radius 3 is 2.70 bits per heavy atom. The number of pyridine rings is 1. The minimum atomic E-state index is -0.329. The molecule has 1 unspecified atom stereocenters. The zero-order chi connectivity index (χ0) is 14.7. The molecule has 0 fully saturated rings. The van der Waals surface area contributed by atoms with Crippen LogP contribution in [0.3, 0.4) is 0 Å². The van der Waals surface area contributed by atoms with Crippen molar-refractivity contribution < 1.29 is 4.79 Å². The van der Waals surface area contributed by atoms with Crippen molar-refractivity contribution in [2.75, 3.05) is 11.1 Å². The molecule has 0 bridgehead atoms. The van der Waals surface area contributed by atoms with Crippen LogP contribution in [0.1, 0.15) is 20.8 Å². The maximum atomic E-state index is 11.9. The number of rotatable bonds is 4. The van der Waals surface area contributed by atoms with E-state index >= 15 is 0 Å². The minimum absolute atomic E-state index is 0.0335. The number of nitrogens with zero attached hydrogens (tertiary/aromatic N) is 1. The summed E-state index contributed by atoms with van der Waals surface area (Å²) in [5.41, 5.74) is 8.14. The lowest BCUT2D eigenvalue weighted by Crippen LogP contribution is -2.41. The maximum Gasteiger partial charge on any atom is 0.242 e. The predicted molar refractivity (Wildman–Crippen MR) is 82.5 cm³/mol. The quantitative estimate of drug-likeness (QED) is 0.745. The van der Waals surface area contributed by atoms with Gasteiger partial charge in [-0.1, -0.05) is 12.1 Å². The molecule has 0 aliphatic carbocycles. The molecule has 1 aromatic carbocycles. The van der Waals surface area contributed by atoms with Gasteiger partial charge in [-0.2, -0.15) is 0 Å². The van der Waals surface area contributed by atoms with Crippen LogP contribution in [-0.4, -0.2) is 23.0 Å². The monoisotopic (exact) mass is 272 g/mol. The Hall–Kier alpha value is -2.30. The number of carbonyl (C=O) groups is 1. The number of fused-ring (bicyclic) bond motifs is 1. The average molecular weight is 272 g/mol. The zero-order valence-electron chi connectivity index (χ0n) is 12.0. The lowest BCUT2D eigenvalue weighted by molar-refractivity contribution is -0.122. The second kappa shape index (κ2) is 5.77. The molecule has 2 aromatic rings. The molecule has 0 aliphatic heterocycles. The molecule has 0 radical (unpaired) electrons. The predicted octanol–water partition coefficient (Wildman–Crippen LogP) is 2.14. The molecule has 4 N–H and O–H groups in total. The number of amides is 1. The molecular formula is C15H20N4O. The largest absolute Gasteiger partial charge is 0.397 e. The third-order valence-corrected chi connectivity index (χ3v) is 3.00. The van der Waals surface area contributed by atoms with Crippen molar-refractivity contribution in [2.24, 2.45) is 0 Å². The van der Waals surface area contributed by atoms with Gasteiger partial charge in [0.1, 0.15) is 6.04 Å². The Kier molecular flexibility index (Phi) is 4.08. The summed E-state index contributed by atoms with van der Waals surface area (Å²) in [5.74, 6) is -0.0335. The van der Waals surface area contributed by atoms with Crippen molar-refractivity contribution in [2.45, 2.75) is 32.9 Å². The van der Waals surface area contributed by atoms with Crippen LogP contribution in [0.2, 0.25) is 0 Å². The highest BCUT2D eigenvalue weighted by molar-refractivity contribution is 5.98. The van der Waals surface area contributed by atoms with E-state index in [4.69, 9.17) is 5.73 Å². The highest BCUT2D eigenvalue weighted by Gasteiger charge is 2.14. The summed E-state index contributed by atoms with van der Waals surface area (Å²) < 4.78 is 0. The van der Waals surface area contributed by atoms with E-state index in [1.165, 1.54) is 0 Å². The molecule has 1 atom stereocenters. The van der Waals surface area contributed by atoms with Crippen molar-refractivity contribution in [1.82, 2.24) is 10.3 Å². The van der Waals surface area contributed by atoms with Crippen LogP contribution in [0.15, 0.2) is 30.5 Å². The number of carbonyl (C=O) groups excluding carboxylic acids is 1. The molecule has 5 heteroatoms. The van der Waals surface area contributed by atoms with Crippen molar-refractivity contribution in [1.29, 1.82) is 0 Å². The SMILES string of the molecule is CC(C)NC(=O)C(C)Nc1ccnc2c(N)cccc12. The third-order valence-electron chi connectivity index (χ3n) is 3.00. The lowest BCUT2D eigenvalue weighted by atomic mass is 10.1. The van der Waals surface area contributed by atoms with Gasteiger partial charge in [0, 0.05) is 23.3 Å². The Morgan fingerprint density at radius 1 is 1.25 bits per heavy atom. The zero-order valence-corrected chi connectivity index (χ0v) is 12.0. The summed E-state index contributed by atoms with van der Waals surface area (Å²) in [6.45, 7) is 5.70. The average Bonchev–Trinajstić information content (AvgIpc) is 2.39. The van der Waals surface area contributed by atoms with E-state index in [0.29, 0.717) is 5.69 Å². The fourth-order valence-corrected chi connectivity index (χ4v) is 2.03. The fraction of sp³-hybridized carbons (Fsp3) is 0.333. The van der Waals surface area contributed by atoms with E-state index in [1.807, 2.05) is 45.0 Å². The highest BCUT2D eigenvalue weighted by atomic mass is 16.2. The molecule has 5 nitrogen and oxygen atoms in total. The van der Waals surface area contributed by atoms with Crippen LogP contribution in [0.4, 0.5) is 11.4 Å². The fourth-order valence-electron chi connectivity index (χ4n) is 2.03. The molecule has 1 aromatic heterocycles. The Morgan fingerprint density at radius 2 is 2.00 bits per heavy atom. The number of nitrogens with two attached hydrogens (primary N) is 1. The number of nitrogens with one attached hydrogen (secondary N) is 2. The minimum Gasteiger partial charge on any atom is -0.397 e. The first-order chi connectivity index (χ1) is 9.49. The molecule has 106 valence electrons. The number of para-hydroxylation sites is 1. The van der Waals surface area contributed by atoms with Gasteiger partial charge < -0.3 is 16.4 Å². The normalized spacial score (nSPS) is 12.4. The van der Waals surface area contributed by atoms with E-state index in [-0.39, 0.29) is 18.0 Å². The van der Waals surface area contributed by atoms with E-state index in [0.717, 1.165) is 16.6 Å². The van der Waals surface area contributed by atoms with Crippen LogP contribution in [0.5, 0.6) is 0 Å². The molecule has 20 heavy (non-hydrogen) atoms. The first kappa shape index (κ1) is 14.1. The van der Waals surface area contributed by atoms with Crippen LogP contribution < -0.4 is 16.4 Å². The van der Waals surface area contributed by atoms with Crippen molar-refractivity contribution in [3.8, 4) is 0 Å². The van der Waals surface area contributed by atoms with Gasteiger partial charge in [0.15, 0.2) is 0 Å². The van der Waals surface area contributed by atoms with Crippen molar-refractivity contribution in [3.05, 3.63) is 30.5 Å². The van der Waals surface area contributed by atoms with Gasteiger partial charge in [0.2, 0.25) is 5.91 Å². The maximum absolute atomic E-state index is 11.9. The van der Waals surface area contributed by atoms with Gasteiger partial charge in [0.05, 0.1) is 11.2 Å². The second-order valence-corrected chi connectivity index (χ2v) is 5.13. The molecule has 0 spiro atoms. The van der Waals surface area contributed by atoms with Crippen LogP contribution >= 0.6 is 0 Å². The molecular weight excluding hydrogens is 252 g/mol. The van der Waals surface area contributed by atoms with Gasteiger partial charge in [-0.05, 0) is 32.9 Å². The summed E-state index contributed by atoms with van der Waals surface area (Å²) in [4.78, 5) is 16.2. The number of hydrogen-bond donors (Lipinski definition) is 3. The van der Waals surface area contributed by atoms with Crippen LogP contribution in [0, 0.1) is 0 Å². The molecule has 0 saturated heterocycles. The molecule has 0 saturated carbocycles. The number of hydrogen-bond acceptors (Lipinski definition) is 4. The number of aromatic nitrogens is 1. The smallest absolute Gasteiger partial charge is 0.242 e. The van der Waals surface area contributed by atoms with E-state index < -0.39 is 0 Å². The van der Waals surface area contributed by atoms with Gasteiger partial charge in [0.25, 0.3) is 0 Å². The topological polar surface area (TPSA) is 80.0 Å². The number of benzene rings is 1. The number of anilines is 2. The van der Waals surface area contributed by atoms with Crippen LogP contribution in [-0.2, 0) is 4.79 Å². The van der Waals surface area contributed by atoms with Gasteiger partial charge in [-0.15, -0.1) is 0 Å². The van der Waals surface area contributed by atoms with E-state index in [9.17, 15) is 4.79 Å². The summed E-state index contributed by atoms with van der Waals surface area (Å²) >= 11 is 0. The van der Waals surface area contributed by atoms with E-state index in [2.05, 4.69) is 15.6 Å². The molecule has 1 heterocycles. The second-order valence-electron chi connectivity index (χ2n) is 5.13. The molecule has 2 rings (SSSR count). The Labute approximate surface area is 118 Å². The third kappa shape index (κ3) is 2.99. The first-order valence-electron chi connectivity index (χ1n) is 6.69. The number of nitrogen functional groups attached to an aromatic ring is 1. The Balaban J connectivity index is 2.26. The summed E-state index contributed by atoms with van der Waals surface area (Å²) in [5, 5.41) is 7.00. The van der Waals surface area contributed by atoms with Crippen molar-refractivity contribution >= 4 is 28.2 Å². The van der Waals surface area contributed by atoms with Gasteiger partial charge in [-0.25, -0.2) is 0 Å². The van der Waals surface area contributed by atoms with E-state index in [1.54, 1.807) is 6.20 Å². The summed E-state index contributed by atoms with van der Waals surface area (Å²) in [6, 6.07) is 7.27. The molecule has 0 aliphatic rings. The van der Waals surface area contributed by atoms with Gasteiger partial charge >= 0.3 is 0 Å². The summed E-state index contributed by atoms with van der Waals surface area (Å²) in [6.07, 6.45) is 1.69. The highest BCUT2D eigenvalue weighted by Crippen LogP contribution is 2.25. The summed E-state index contributed by atoms with van der Waals surface area (Å²) in [7, 11) is 0. The Bertz CT molecular complexity index is 624. The lowest BCUT2D eigenvalue weighted by Gasteiger charge is -2.18. The van der Waals surface area contributed by atoms with Crippen molar-refractivity contribution in [3.63, 3.8) is 0 Å². The molecule has 1 amide bonds.